The first-order valence-electron chi connectivity index (χ1n) is 4.64. The molecule has 0 spiro atoms. The van der Waals surface area contributed by atoms with E-state index in [0.29, 0.717) is 12.3 Å². The maximum atomic E-state index is 10.6. The second kappa shape index (κ2) is 5.15. The first-order chi connectivity index (χ1) is 6.61. The summed E-state index contributed by atoms with van der Waals surface area (Å²) in [5, 5.41) is 0. The molecule has 1 amide bonds. The number of carbonyl (C=O) groups is 1. The highest BCUT2D eigenvalue weighted by molar-refractivity contribution is 9.10. The van der Waals surface area contributed by atoms with E-state index in [2.05, 4.69) is 28.9 Å². The van der Waals surface area contributed by atoms with E-state index in [1.807, 2.05) is 18.2 Å². The average molecular weight is 256 g/mol. The van der Waals surface area contributed by atoms with Gasteiger partial charge < -0.3 is 5.73 Å². The summed E-state index contributed by atoms with van der Waals surface area (Å²) in [6.45, 7) is 2.10. The Morgan fingerprint density at radius 3 is 2.71 bits per heavy atom. The highest BCUT2D eigenvalue weighted by atomic mass is 79.9. The van der Waals surface area contributed by atoms with Crippen LogP contribution in [-0.2, 0) is 4.79 Å². The molecular weight excluding hydrogens is 242 g/mol. The molecule has 0 fully saturated rings. The van der Waals surface area contributed by atoms with Crippen LogP contribution in [0.4, 0.5) is 0 Å². The molecule has 1 aromatic carbocycles. The zero-order chi connectivity index (χ0) is 10.6. The molecule has 1 unspecified atom stereocenters. The molecule has 0 heterocycles. The highest BCUT2D eigenvalue weighted by Crippen LogP contribution is 2.27. The van der Waals surface area contributed by atoms with Crippen LogP contribution >= 0.6 is 15.9 Å². The van der Waals surface area contributed by atoms with Crippen LogP contribution in [0.5, 0.6) is 0 Å². The van der Waals surface area contributed by atoms with Crippen molar-refractivity contribution < 1.29 is 4.79 Å². The number of hydrogen-bond donors (Lipinski definition) is 1. The first-order valence-corrected chi connectivity index (χ1v) is 5.43. The van der Waals surface area contributed by atoms with Crippen molar-refractivity contribution >= 4 is 21.8 Å². The Labute approximate surface area is 92.6 Å². The fraction of sp³-hybridized carbons (Fsp3) is 0.364. The highest BCUT2D eigenvalue weighted by Gasteiger charge is 2.09. The molecule has 2 N–H and O–H groups in total. The predicted octanol–water partition coefficient (Wildman–Crippen LogP) is 2.82. The van der Waals surface area contributed by atoms with Gasteiger partial charge in [0.15, 0.2) is 0 Å². The van der Waals surface area contributed by atoms with Crippen molar-refractivity contribution in [2.45, 2.75) is 25.7 Å². The largest absolute Gasteiger partial charge is 0.370 e. The van der Waals surface area contributed by atoms with Gasteiger partial charge in [0, 0.05) is 10.9 Å². The van der Waals surface area contributed by atoms with Crippen molar-refractivity contribution in [3.63, 3.8) is 0 Å². The molecule has 2 nitrogen and oxygen atoms in total. The SMILES string of the molecule is CC(CCC(N)=O)c1ccccc1Br. The molecule has 0 saturated heterocycles. The molecule has 1 rings (SSSR count). The van der Waals surface area contributed by atoms with Gasteiger partial charge in [-0.05, 0) is 24.0 Å². The average Bonchev–Trinajstić information content (AvgIpc) is 2.15. The number of hydrogen-bond acceptors (Lipinski definition) is 1. The van der Waals surface area contributed by atoms with Crippen molar-refractivity contribution in [3.8, 4) is 0 Å². The smallest absolute Gasteiger partial charge is 0.217 e. The van der Waals surface area contributed by atoms with Gasteiger partial charge in [-0.3, -0.25) is 4.79 Å². The lowest BCUT2D eigenvalue weighted by Crippen LogP contribution is -2.11. The Hall–Kier alpha value is -0.830. The molecular formula is C11H14BrNO. The van der Waals surface area contributed by atoms with E-state index in [1.54, 1.807) is 0 Å². The minimum absolute atomic E-state index is 0.232. The summed E-state index contributed by atoms with van der Waals surface area (Å²) >= 11 is 3.49. The quantitative estimate of drug-likeness (QED) is 0.884. The molecule has 0 aliphatic carbocycles. The molecule has 1 aromatic rings. The number of amides is 1. The van der Waals surface area contributed by atoms with Crippen LogP contribution in [0.15, 0.2) is 28.7 Å². The molecule has 3 heteroatoms. The molecule has 1 atom stereocenters. The van der Waals surface area contributed by atoms with E-state index in [9.17, 15) is 4.79 Å². The summed E-state index contributed by atoms with van der Waals surface area (Å²) in [7, 11) is 0. The van der Waals surface area contributed by atoms with Crippen LogP contribution in [-0.4, -0.2) is 5.91 Å². The standard InChI is InChI=1S/C11H14BrNO/c1-8(6-7-11(13)14)9-4-2-3-5-10(9)12/h2-5,8H,6-7H2,1H3,(H2,13,14). The molecule has 0 saturated carbocycles. The van der Waals surface area contributed by atoms with Gasteiger partial charge in [-0.25, -0.2) is 0 Å². The first kappa shape index (κ1) is 11.2. The number of rotatable bonds is 4. The maximum Gasteiger partial charge on any atom is 0.217 e. The lowest BCUT2D eigenvalue weighted by atomic mass is 9.96. The topological polar surface area (TPSA) is 43.1 Å². The van der Waals surface area contributed by atoms with E-state index in [0.717, 1.165) is 10.9 Å². The Morgan fingerprint density at radius 1 is 1.50 bits per heavy atom. The van der Waals surface area contributed by atoms with Crippen LogP contribution in [0.2, 0.25) is 0 Å². The summed E-state index contributed by atoms with van der Waals surface area (Å²) in [5.74, 6) is 0.127. The number of primary amides is 1. The maximum absolute atomic E-state index is 10.6. The molecule has 0 aliphatic heterocycles. The molecule has 0 bridgehead atoms. The molecule has 0 radical (unpaired) electrons. The minimum atomic E-state index is -0.232. The van der Waals surface area contributed by atoms with E-state index in [1.165, 1.54) is 5.56 Å². The monoisotopic (exact) mass is 255 g/mol. The Morgan fingerprint density at radius 2 is 2.14 bits per heavy atom. The molecule has 0 aliphatic rings. The van der Waals surface area contributed by atoms with Crippen LogP contribution < -0.4 is 5.73 Å². The van der Waals surface area contributed by atoms with Crippen LogP contribution in [0.1, 0.15) is 31.2 Å². The third kappa shape index (κ3) is 3.14. The van der Waals surface area contributed by atoms with E-state index >= 15 is 0 Å². The predicted molar refractivity (Wildman–Crippen MR) is 61.0 cm³/mol. The zero-order valence-electron chi connectivity index (χ0n) is 8.16. The van der Waals surface area contributed by atoms with Crippen molar-refractivity contribution in [2.24, 2.45) is 5.73 Å². The number of halogens is 1. The fourth-order valence-electron chi connectivity index (χ4n) is 1.39. The second-order valence-corrected chi connectivity index (χ2v) is 4.28. The van der Waals surface area contributed by atoms with Crippen LogP contribution in [0, 0.1) is 0 Å². The fourth-order valence-corrected chi connectivity index (χ4v) is 2.06. The number of nitrogens with two attached hydrogens (primary N) is 1. The van der Waals surface area contributed by atoms with E-state index in [-0.39, 0.29) is 5.91 Å². The summed E-state index contributed by atoms with van der Waals surface area (Å²) in [6.07, 6.45) is 1.25. The normalized spacial score (nSPS) is 12.4. The lowest BCUT2D eigenvalue weighted by Gasteiger charge is -2.12. The van der Waals surface area contributed by atoms with E-state index < -0.39 is 0 Å². The summed E-state index contributed by atoms with van der Waals surface area (Å²) in [4.78, 5) is 10.6. The van der Waals surface area contributed by atoms with Crippen LogP contribution in [0.3, 0.4) is 0 Å². The second-order valence-electron chi connectivity index (χ2n) is 3.43. The molecule has 0 aromatic heterocycles. The van der Waals surface area contributed by atoms with Gasteiger partial charge in [0.05, 0.1) is 0 Å². The van der Waals surface area contributed by atoms with Gasteiger partial charge in [0.2, 0.25) is 5.91 Å². The van der Waals surface area contributed by atoms with Gasteiger partial charge in [0.1, 0.15) is 0 Å². The Bertz CT molecular complexity index is 325. The van der Waals surface area contributed by atoms with Gasteiger partial charge in [0.25, 0.3) is 0 Å². The summed E-state index contributed by atoms with van der Waals surface area (Å²) in [6, 6.07) is 8.06. The van der Waals surface area contributed by atoms with Crippen LogP contribution in [0.25, 0.3) is 0 Å². The third-order valence-corrected chi connectivity index (χ3v) is 2.98. The Kier molecular flexibility index (Phi) is 4.14. The number of benzene rings is 1. The van der Waals surface area contributed by atoms with Crippen molar-refractivity contribution in [1.82, 2.24) is 0 Å². The van der Waals surface area contributed by atoms with E-state index in [4.69, 9.17) is 5.73 Å². The van der Waals surface area contributed by atoms with Gasteiger partial charge in [-0.2, -0.15) is 0 Å². The van der Waals surface area contributed by atoms with Crippen molar-refractivity contribution in [2.75, 3.05) is 0 Å². The lowest BCUT2D eigenvalue weighted by molar-refractivity contribution is -0.118. The van der Waals surface area contributed by atoms with Gasteiger partial charge >= 0.3 is 0 Å². The summed E-state index contributed by atoms with van der Waals surface area (Å²) < 4.78 is 1.09. The zero-order valence-corrected chi connectivity index (χ0v) is 9.75. The molecule has 14 heavy (non-hydrogen) atoms. The third-order valence-electron chi connectivity index (χ3n) is 2.26. The minimum Gasteiger partial charge on any atom is -0.370 e. The number of carbonyl (C=O) groups excluding carboxylic acids is 1. The van der Waals surface area contributed by atoms with Crippen molar-refractivity contribution in [3.05, 3.63) is 34.3 Å². The Balaban J connectivity index is 2.65. The van der Waals surface area contributed by atoms with Gasteiger partial charge in [-0.15, -0.1) is 0 Å². The van der Waals surface area contributed by atoms with Crippen molar-refractivity contribution in [1.29, 1.82) is 0 Å². The van der Waals surface area contributed by atoms with Gasteiger partial charge in [-0.1, -0.05) is 41.1 Å². The summed E-state index contributed by atoms with van der Waals surface area (Å²) in [5.41, 5.74) is 6.34. The molecule has 76 valence electrons.